The summed E-state index contributed by atoms with van der Waals surface area (Å²) in [5.74, 6) is 1.87. The topological polar surface area (TPSA) is 21.7 Å². The average Bonchev–Trinajstić information content (AvgIpc) is 2.92. The molecule has 0 spiro atoms. The normalized spacial score (nSPS) is 18.8. The van der Waals surface area contributed by atoms with Gasteiger partial charge in [0.25, 0.3) is 0 Å². The molecule has 3 heteroatoms. The summed E-state index contributed by atoms with van der Waals surface area (Å²) < 4.78 is 11.4. The lowest BCUT2D eigenvalue weighted by Crippen LogP contribution is -2.20. The predicted molar refractivity (Wildman–Crippen MR) is 76.2 cm³/mol. The fourth-order valence-electron chi connectivity index (χ4n) is 3.06. The lowest BCUT2D eigenvalue weighted by molar-refractivity contribution is 0.170. The van der Waals surface area contributed by atoms with Crippen LogP contribution in [0, 0.1) is 6.92 Å². The van der Waals surface area contributed by atoms with Gasteiger partial charge in [-0.3, -0.25) is 0 Å². The van der Waals surface area contributed by atoms with E-state index in [1.807, 2.05) is 0 Å². The summed E-state index contributed by atoms with van der Waals surface area (Å²) in [6.07, 6.45) is 5.12. The Morgan fingerprint density at radius 1 is 1.11 bits per heavy atom. The lowest BCUT2D eigenvalue weighted by atomic mass is 10.0. The fourth-order valence-corrected chi connectivity index (χ4v) is 3.06. The van der Waals surface area contributed by atoms with Crippen molar-refractivity contribution >= 4 is 0 Å². The first-order chi connectivity index (χ1) is 9.33. The highest BCUT2D eigenvalue weighted by atomic mass is 16.6. The average molecular weight is 261 g/mol. The Morgan fingerprint density at radius 2 is 1.89 bits per heavy atom. The largest absolute Gasteiger partial charge is 0.486 e. The SMILES string of the molecule is Cc1cc(CCCN2CCCC2)cc2c1OCCO2. The molecule has 0 N–H and O–H groups in total. The van der Waals surface area contributed by atoms with Gasteiger partial charge in [0.15, 0.2) is 11.5 Å². The number of nitrogens with zero attached hydrogens (tertiary/aromatic N) is 1. The van der Waals surface area contributed by atoms with Crippen LogP contribution in [0.4, 0.5) is 0 Å². The number of hydrogen-bond donors (Lipinski definition) is 0. The maximum atomic E-state index is 5.69. The van der Waals surface area contributed by atoms with E-state index in [0.717, 1.165) is 17.9 Å². The molecule has 2 aliphatic rings. The summed E-state index contributed by atoms with van der Waals surface area (Å²) in [7, 11) is 0. The molecule has 104 valence electrons. The molecule has 0 bridgehead atoms. The monoisotopic (exact) mass is 261 g/mol. The first kappa shape index (κ1) is 12.8. The Morgan fingerprint density at radius 3 is 2.74 bits per heavy atom. The van der Waals surface area contributed by atoms with Gasteiger partial charge in [-0.25, -0.2) is 0 Å². The van der Waals surface area contributed by atoms with Crippen molar-refractivity contribution in [2.24, 2.45) is 0 Å². The summed E-state index contributed by atoms with van der Waals surface area (Å²) in [6.45, 7) is 7.26. The van der Waals surface area contributed by atoms with Crippen molar-refractivity contribution in [1.82, 2.24) is 4.90 Å². The molecular weight excluding hydrogens is 238 g/mol. The van der Waals surface area contributed by atoms with Gasteiger partial charge < -0.3 is 14.4 Å². The standard InChI is InChI=1S/C16H23NO2/c1-13-11-14(5-4-8-17-6-2-3-7-17)12-15-16(13)19-10-9-18-15/h11-12H,2-10H2,1H3. The van der Waals surface area contributed by atoms with E-state index in [-0.39, 0.29) is 0 Å². The zero-order chi connectivity index (χ0) is 13.1. The Bertz CT molecular complexity index is 439. The third kappa shape index (κ3) is 3.03. The molecule has 0 aliphatic carbocycles. The van der Waals surface area contributed by atoms with Crippen LogP contribution >= 0.6 is 0 Å². The molecule has 0 aromatic heterocycles. The van der Waals surface area contributed by atoms with E-state index in [4.69, 9.17) is 9.47 Å². The van der Waals surface area contributed by atoms with E-state index < -0.39 is 0 Å². The smallest absolute Gasteiger partial charge is 0.164 e. The van der Waals surface area contributed by atoms with Gasteiger partial charge in [-0.05, 0) is 69.4 Å². The highest BCUT2D eigenvalue weighted by molar-refractivity contribution is 5.49. The minimum absolute atomic E-state index is 0.669. The summed E-state index contributed by atoms with van der Waals surface area (Å²) in [4.78, 5) is 2.57. The van der Waals surface area contributed by atoms with Crippen LogP contribution in [-0.2, 0) is 6.42 Å². The van der Waals surface area contributed by atoms with Crippen molar-refractivity contribution in [3.8, 4) is 11.5 Å². The quantitative estimate of drug-likeness (QED) is 0.832. The van der Waals surface area contributed by atoms with Crippen LogP contribution in [0.5, 0.6) is 11.5 Å². The molecule has 3 nitrogen and oxygen atoms in total. The summed E-state index contributed by atoms with van der Waals surface area (Å²) in [5, 5.41) is 0. The van der Waals surface area contributed by atoms with Crippen molar-refractivity contribution in [3.63, 3.8) is 0 Å². The first-order valence-corrected chi connectivity index (χ1v) is 7.44. The highest BCUT2D eigenvalue weighted by Crippen LogP contribution is 2.35. The van der Waals surface area contributed by atoms with Crippen molar-refractivity contribution in [2.45, 2.75) is 32.6 Å². The number of rotatable bonds is 4. The van der Waals surface area contributed by atoms with Crippen LogP contribution < -0.4 is 9.47 Å². The van der Waals surface area contributed by atoms with Crippen LogP contribution in [0.15, 0.2) is 12.1 Å². The van der Waals surface area contributed by atoms with Gasteiger partial charge in [-0.15, -0.1) is 0 Å². The summed E-state index contributed by atoms with van der Waals surface area (Å²) in [5.41, 5.74) is 2.58. The second-order valence-electron chi connectivity index (χ2n) is 5.59. The number of hydrogen-bond acceptors (Lipinski definition) is 3. The second kappa shape index (κ2) is 5.83. The first-order valence-electron chi connectivity index (χ1n) is 7.44. The van der Waals surface area contributed by atoms with Gasteiger partial charge in [0.2, 0.25) is 0 Å². The van der Waals surface area contributed by atoms with Crippen molar-refractivity contribution in [1.29, 1.82) is 0 Å². The Balaban J connectivity index is 1.59. The van der Waals surface area contributed by atoms with Crippen molar-refractivity contribution in [3.05, 3.63) is 23.3 Å². The lowest BCUT2D eigenvalue weighted by Gasteiger charge is -2.21. The number of likely N-dealkylation sites (tertiary alicyclic amines) is 1. The maximum Gasteiger partial charge on any atom is 0.164 e. The van der Waals surface area contributed by atoms with Crippen molar-refractivity contribution in [2.75, 3.05) is 32.8 Å². The van der Waals surface area contributed by atoms with E-state index in [0.29, 0.717) is 13.2 Å². The Labute approximate surface area is 115 Å². The van der Waals surface area contributed by atoms with Crippen LogP contribution in [0.1, 0.15) is 30.4 Å². The minimum atomic E-state index is 0.669. The van der Waals surface area contributed by atoms with Crippen LogP contribution in [-0.4, -0.2) is 37.7 Å². The van der Waals surface area contributed by atoms with Gasteiger partial charge in [-0.2, -0.15) is 0 Å². The molecule has 1 saturated heterocycles. The molecule has 2 heterocycles. The summed E-state index contributed by atoms with van der Waals surface area (Å²) >= 11 is 0. The number of benzene rings is 1. The van der Waals surface area contributed by atoms with Gasteiger partial charge in [0.05, 0.1) is 0 Å². The molecule has 1 aromatic carbocycles. The molecule has 3 rings (SSSR count). The maximum absolute atomic E-state index is 5.69. The molecule has 1 aromatic rings. The minimum Gasteiger partial charge on any atom is -0.486 e. The van der Waals surface area contributed by atoms with Gasteiger partial charge in [-0.1, -0.05) is 6.07 Å². The van der Waals surface area contributed by atoms with Gasteiger partial charge in [0, 0.05) is 0 Å². The van der Waals surface area contributed by atoms with Crippen LogP contribution in [0.2, 0.25) is 0 Å². The van der Waals surface area contributed by atoms with Crippen molar-refractivity contribution < 1.29 is 9.47 Å². The van der Waals surface area contributed by atoms with E-state index in [1.54, 1.807) is 0 Å². The molecule has 0 unspecified atom stereocenters. The Kier molecular flexibility index (Phi) is 3.92. The van der Waals surface area contributed by atoms with E-state index in [1.165, 1.54) is 50.0 Å². The van der Waals surface area contributed by atoms with E-state index in [9.17, 15) is 0 Å². The fraction of sp³-hybridized carbons (Fsp3) is 0.625. The number of ether oxygens (including phenoxy) is 2. The van der Waals surface area contributed by atoms with Crippen LogP contribution in [0.3, 0.4) is 0 Å². The molecule has 0 saturated carbocycles. The van der Waals surface area contributed by atoms with Gasteiger partial charge >= 0.3 is 0 Å². The molecule has 1 fully saturated rings. The van der Waals surface area contributed by atoms with Gasteiger partial charge in [0.1, 0.15) is 13.2 Å². The van der Waals surface area contributed by atoms with E-state index >= 15 is 0 Å². The molecule has 2 aliphatic heterocycles. The third-order valence-electron chi connectivity index (χ3n) is 4.03. The Hall–Kier alpha value is -1.22. The molecule has 19 heavy (non-hydrogen) atoms. The second-order valence-corrected chi connectivity index (χ2v) is 5.59. The third-order valence-corrected chi connectivity index (χ3v) is 4.03. The highest BCUT2D eigenvalue weighted by Gasteiger charge is 2.15. The zero-order valence-electron chi connectivity index (χ0n) is 11.8. The predicted octanol–water partition coefficient (Wildman–Crippen LogP) is 2.79. The zero-order valence-corrected chi connectivity index (χ0v) is 11.8. The molecule has 0 atom stereocenters. The van der Waals surface area contributed by atoms with Crippen LogP contribution in [0.25, 0.3) is 0 Å². The summed E-state index contributed by atoms with van der Waals surface area (Å²) in [6, 6.07) is 4.41. The number of fused-ring (bicyclic) bond motifs is 1. The molecule has 0 amide bonds. The molecule has 0 radical (unpaired) electrons. The van der Waals surface area contributed by atoms with E-state index in [2.05, 4.69) is 24.0 Å². The number of aryl methyl sites for hydroxylation is 2. The molecular formula is C16H23NO2.